The highest BCUT2D eigenvalue weighted by molar-refractivity contribution is 6.01. The van der Waals surface area contributed by atoms with Crippen molar-refractivity contribution in [1.82, 2.24) is 0 Å². The van der Waals surface area contributed by atoms with Crippen LogP contribution in [0.2, 0.25) is 0 Å². The molecule has 2 nitrogen and oxygen atoms in total. The molecule has 0 aromatic heterocycles. The van der Waals surface area contributed by atoms with Crippen LogP contribution >= 0.6 is 0 Å². The van der Waals surface area contributed by atoms with Gasteiger partial charge in [0, 0.05) is 16.5 Å². The van der Waals surface area contributed by atoms with E-state index in [-0.39, 0.29) is 0 Å². The van der Waals surface area contributed by atoms with E-state index in [4.69, 9.17) is 9.47 Å². The van der Waals surface area contributed by atoms with Crippen molar-refractivity contribution in [3.8, 4) is 11.5 Å². The second-order valence-corrected chi connectivity index (χ2v) is 4.48. The van der Waals surface area contributed by atoms with Crippen LogP contribution in [0.4, 0.5) is 0 Å². The molecule has 2 aliphatic heterocycles. The standard InChI is InChI=1S/C16H12O2/c1-3-12-14(17-9-1)7-5-11-6-8-15-13(16(11)12)4-2-10-18-15/h1-8H,9-10H2. The molecule has 2 heterocycles. The van der Waals surface area contributed by atoms with Crippen molar-refractivity contribution in [2.24, 2.45) is 0 Å². The van der Waals surface area contributed by atoms with Gasteiger partial charge in [-0.2, -0.15) is 0 Å². The van der Waals surface area contributed by atoms with Crippen LogP contribution in [0.5, 0.6) is 11.5 Å². The minimum absolute atomic E-state index is 0.653. The van der Waals surface area contributed by atoms with E-state index in [2.05, 4.69) is 36.4 Å². The van der Waals surface area contributed by atoms with Crippen molar-refractivity contribution in [3.63, 3.8) is 0 Å². The Morgan fingerprint density at radius 2 is 1.28 bits per heavy atom. The fraction of sp³-hybridized carbons (Fsp3) is 0.125. The molecule has 88 valence electrons. The predicted molar refractivity (Wildman–Crippen MR) is 73.0 cm³/mol. The minimum atomic E-state index is 0.653. The van der Waals surface area contributed by atoms with Crippen molar-refractivity contribution in [1.29, 1.82) is 0 Å². The molecule has 0 saturated heterocycles. The molecule has 0 unspecified atom stereocenters. The van der Waals surface area contributed by atoms with E-state index < -0.39 is 0 Å². The fourth-order valence-corrected chi connectivity index (χ4v) is 2.63. The Kier molecular flexibility index (Phi) is 1.97. The first kappa shape index (κ1) is 9.77. The second-order valence-electron chi connectivity index (χ2n) is 4.48. The number of hydrogen-bond acceptors (Lipinski definition) is 2. The molecule has 0 amide bonds. The van der Waals surface area contributed by atoms with Gasteiger partial charge in [-0.15, -0.1) is 0 Å². The zero-order valence-corrected chi connectivity index (χ0v) is 9.85. The maximum absolute atomic E-state index is 5.67. The van der Waals surface area contributed by atoms with Gasteiger partial charge in [-0.3, -0.25) is 0 Å². The molecule has 4 rings (SSSR count). The molecule has 2 heteroatoms. The molecule has 0 bridgehead atoms. The molecule has 0 saturated carbocycles. The van der Waals surface area contributed by atoms with Gasteiger partial charge in [0.25, 0.3) is 0 Å². The largest absolute Gasteiger partial charge is 0.489 e. The summed E-state index contributed by atoms with van der Waals surface area (Å²) in [6.45, 7) is 1.31. The van der Waals surface area contributed by atoms with E-state index >= 15 is 0 Å². The summed E-state index contributed by atoms with van der Waals surface area (Å²) < 4.78 is 11.3. The van der Waals surface area contributed by atoms with Gasteiger partial charge in [-0.25, -0.2) is 0 Å². The van der Waals surface area contributed by atoms with Gasteiger partial charge < -0.3 is 9.47 Å². The summed E-state index contributed by atoms with van der Waals surface area (Å²) in [6, 6.07) is 8.30. The Morgan fingerprint density at radius 3 is 1.83 bits per heavy atom. The quantitative estimate of drug-likeness (QED) is 0.695. The van der Waals surface area contributed by atoms with Crippen LogP contribution in [0, 0.1) is 0 Å². The van der Waals surface area contributed by atoms with Crippen molar-refractivity contribution < 1.29 is 9.47 Å². The van der Waals surface area contributed by atoms with Crippen LogP contribution in [-0.4, -0.2) is 13.2 Å². The molecule has 0 spiro atoms. The lowest BCUT2D eigenvalue weighted by atomic mass is 9.95. The Morgan fingerprint density at radius 1 is 0.722 bits per heavy atom. The normalized spacial score (nSPS) is 15.8. The highest BCUT2D eigenvalue weighted by Gasteiger charge is 2.16. The number of fused-ring (bicyclic) bond motifs is 5. The van der Waals surface area contributed by atoms with Gasteiger partial charge >= 0.3 is 0 Å². The third-order valence-corrected chi connectivity index (χ3v) is 3.43. The molecule has 2 aromatic rings. The number of rotatable bonds is 0. The number of ether oxygens (including phenoxy) is 2. The molecule has 0 radical (unpaired) electrons. The van der Waals surface area contributed by atoms with Gasteiger partial charge in [0.2, 0.25) is 0 Å². The molecule has 2 aliphatic rings. The topological polar surface area (TPSA) is 18.5 Å². The number of hydrogen-bond donors (Lipinski definition) is 0. The average molecular weight is 236 g/mol. The van der Waals surface area contributed by atoms with E-state index in [0.717, 1.165) is 22.6 Å². The van der Waals surface area contributed by atoms with E-state index in [1.165, 1.54) is 10.8 Å². The van der Waals surface area contributed by atoms with E-state index in [0.29, 0.717) is 13.2 Å². The third-order valence-electron chi connectivity index (χ3n) is 3.43. The van der Waals surface area contributed by atoms with Crippen LogP contribution in [0.1, 0.15) is 11.1 Å². The van der Waals surface area contributed by atoms with Gasteiger partial charge in [0.15, 0.2) is 0 Å². The molecule has 0 fully saturated rings. The number of benzene rings is 2. The Labute approximate surface area is 105 Å². The van der Waals surface area contributed by atoms with Crippen LogP contribution < -0.4 is 9.47 Å². The van der Waals surface area contributed by atoms with Crippen molar-refractivity contribution in [2.45, 2.75) is 0 Å². The summed E-state index contributed by atoms with van der Waals surface area (Å²) in [5.41, 5.74) is 2.32. The van der Waals surface area contributed by atoms with Gasteiger partial charge in [-0.1, -0.05) is 24.3 Å². The maximum atomic E-state index is 5.67. The summed E-state index contributed by atoms with van der Waals surface area (Å²) in [5.74, 6) is 1.91. The molecular weight excluding hydrogens is 224 g/mol. The molecule has 0 N–H and O–H groups in total. The van der Waals surface area contributed by atoms with Crippen LogP contribution in [0.25, 0.3) is 22.9 Å². The lowest BCUT2D eigenvalue weighted by Gasteiger charge is -2.19. The van der Waals surface area contributed by atoms with Gasteiger partial charge in [-0.05, 0) is 29.7 Å². The highest BCUT2D eigenvalue weighted by Crippen LogP contribution is 2.38. The van der Waals surface area contributed by atoms with Crippen molar-refractivity contribution in [2.75, 3.05) is 13.2 Å². The molecule has 2 aromatic carbocycles. The fourth-order valence-electron chi connectivity index (χ4n) is 2.63. The zero-order valence-electron chi connectivity index (χ0n) is 9.85. The average Bonchev–Trinajstić information content (AvgIpc) is 2.46. The summed E-state index contributed by atoms with van der Waals surface area (Å²) in [5, 5.41) is 2.44. The molecule has 0 atom stereocenters. The maximum Gasteiger partial charge on any atom is 0.127 e. The first-order chi connectivity index (χ1) is 8.93. The highest BCUT2D eigenvalue weighted by atomic mass is 16.5. The summed E-state index contributed by atoms with van der Waals surface area (Å²) in [6.07, 6.45) is 8.39. The van der Waals surface area contributed by atoms with Gasteiger partial charge in [0.1, 0.15) is 24.7 Å². The first-order valence-electron chi connectivity index (χ1n) is 6.12. The van der Waals surface area contributed by atoms with Gasteiger partial charge in [0.05, 0.1) is 0 Å². The van der Waals surface area contributed by atoms with Crippen molar-refractivity contribution >= 4 is 22.9 Å². The predicted octanol–water partition coefficient (Wildman–Crippen LogP) is 3.65. The summed E-state index contributed by atoms with van der Waals surface area (Å²) in [7, 11) is 0. The minimum Gasteiger partial charge on any atom is -0.489 e. The monoisotopic (exact) mass is 236 g/mol. The van der Waals surface area contributed by atoms with E-state index in [1.54, 1.807) is 0 Å². The van der Waals surface area contributed by atoms with Crippen molar-refractivity contribution in [3.05, 3.63) is 47.5 Å². The molecule has 0 aliphatic carbocycles. The van der Waals surface area contributed by atoms with E-state index in [1.807, 2.05) is 12.1 Å². The van der Waals surface area contributed by atoms with E-state index in [9.17, 15) is 0 Å². The van der Waals surface area contributed by atoms with Crippen LogP contribution in [0.15, 0.2) is 36.4 Å². The second kappa shape index (κ2) is 3.64. The smallest absolute Gasteiger partial charge is 0.127 e. The third kappa shape index (κ3) is 1.29. The summed E-state index contributed by atoms with van der Waals surface area (Å²) >= 11 is 0. The SMILES string of the molecule is C1=Cc2c(ccc3ccc4c(c23)C=CCO4)OC1. The Hall–Kier alpha value is -2.22. The molecular formula is C16H12O2. The Bertz CT molecular complexity index is 639. The van der Waals surface area contributed by atoms with Crippen LogP contribution in [-0.2, 0) is 0 Å². The molecule has 18 heavy (non-hydrogen) atoms. The zero-order chi connectivity index (χ0) is 11.9. The lowest BCUT2D eigenvalue weighted by molar-refractivity contribution is 0.357. The Balaban J connectivity index is 2.15. The summed E-state index contributed by atoms with van der Waals surface area (Å²) in [4.78, 5) is 0. The first-order valence-corrected chi connectivity index (χ1v) is 6.12. The lowest BCUT2D eigenvalue weighted by Crippen LogP contribution is -2.04. The van der Waals surface area contributed by atoms with Crippen LogP contribution in [0.3, 0.4) is 0 Å².